The van der Waals surface area contributed by atoms with E-state index in [1.54, 1.807) is 38.1 Å². The van der Waals surface area contributed by atoms with E-state index in [0.717, 1.165) is 11.8 Å². The topological polar surface area (TPSA) is 121 Å². The molecule has 0 unspecified atom stereocenters. The lowest BCUT2D eigenvalue weighted by Gasteiger charge is -2.12. The zero-order valence-electron chi connectivity index (χ0n) is 19.0. The maximum absolute atomic E-state index is 12.4. The molecular weight excluding hydrogens is 450 g/mol. The minimum absolute atomic E-state index is 0.0960. The summed E-state index contributed by atoms with van der Waals surface area (Å²) in [5.74, 6) is -1.25. The molecule has 0 saturated carbocycles. The molecule has 2 rings (SSSR count). The summed E-state index contributed by atoms with van der Waals surface area (Å²) in [6.07, 6.45) is 2.46. The van der Waals surface area contributed by atoms with Crippen molar-refractivity contribution < 1.29 is 38.4 Å². The Labute approximate surface area is 196 Å². The molecule has 0 spiro atoms. The first kappa shape index (κ1) is 26.0. The molecule has 0 fully saturated rings. The minimum Gasteiger partial charge on any atom is -0.506 e. The van der Waals surface area contributed by atoms with Crippen LogP contribution in [-0.2, 0) is 23.9 Å². The fourth-order valence-corrected chi connectivity index (χ4v) is 3.76. The average Bonchev–Trinajstić information content (AvgIpc) is 3.07. The number of carbonyl (C=O) groups is 3. The van der Waals surface area contributed by atoms with Gasteiger partial charge < -0.3 is 24.1 Å². The summed E-state index contributed by atoms with van der Waals surface area (Å²) in [6.45, 7) is 5.49. The van der Waals surface area contributed by atoms with E-state index in [1.165, 1.54) is 7.11 Å². The molecule has 0 aliphatic carbocycles. The number of ether oxygens (including phenoxy) is 4. The number of carbonyl (C=O) groups excluding carboxylic acids is 3. The first-order chi connectivity index (χ1) is 15.8. The zero-order chi connectivity index (χ0) is 24.4. The lowest BCUT2D eigenvalue weighted by molar-refractivity contribution is -0.143. The van der Waals surface area contributed by atoms with Crippen LogP contribution in [0.15, 0.2) is 39.4 Å². The smallest absolute Gasteiger partial charge is 0.344 e. The van der Waals surface area contributed by atoms with Crippen molar-refractivity contribution in [1.29, 1.82) is 0 Å². The molecule has 1 heterocycles. The van der Waals surface area contributed by atoms with Crippen molar-refractivity contribution >= 4 is 40.7 Å². The van der Waals surface area contributed by atoms with Gasteiger partial charge in [0.25, 0.3) is 0 Å². The Morgan fingerprint density at radius 1 is 1.09 bits per heavy atom. The summed E-state index contributed by atoms with van der Waals surface area (Å²) in [5, 5.41) is 10.8. The van der Waals surface area contributed by atoms with Crippen LogP contribution in [0.2, 0.25) is 0 Å². The highest BCUT2D eigenvalue weighted by Gasteiger charge is 2.33. The van der Waals surface area contributed by atoms with Crippen molar-refractivity contribution in [2.45, 2.75) is 33.6 Å². The normalized spacial score (nSPS) is 15.6. The second-order valence-electron chi connectivity index (χ2n) is 6.62. The van der Waals surface area contributed by atoms with E-state index in [9.17, 15) is 19.5 Å². The van der Waals surface area contributed by atoms with Gasteiger partial charge in [-0.1, -0.05) is 24.8 Å². The number of hydrogen-bond donors (Lipinski definition) is 1. The predicted octanol–water partition coefficient (Wildman–Crippen LogP) is 3.83. The molecule has 0 saturated heterocycles. The average molecular weight is 478 g/mol. The third-order valence-corrected chi connectivity index (χ3v) is 5.22. The summed E-state index contributed by atoms with van der Waals surface area (Å²) in [5.41, 5.74) is 0.489. The molecule has 1 aliphatic heterocycles. The Bertz CT molecular complexity index is 996. The maximum atomic E-state index is 12.4. The number of amides is 1. The summed E-state index contributed by atoms with van der Waals surface area (Å²) in [7, 11) is 1.27. The van der Waals surface area contributed by atoms with Crippen molar-refractivity contribution in [3.05, 3.63) is 40.0 Å². The number of rotatable bonds is 10. The molecule has 1 aromatic rings. The molecule has 0 atom stereocenters. The Morgan fingerprint density at radius 3 is 2.48 bits per heavy atom. The second-order valence-corrected chi connectivity index (χ2v) is 7.65. The van der Waals surface area contributed by atoms with Crippen LogP contribution in [0.25, 0.3) is 6.08 Å². The van der Waals surface area contributed by atoms with Gasteiger partial charge in [-0.2, -0.15) is 0 Å². The fraction of sp³-hybridized carbons (Fsp3) is 0.391. The lowest BCUT2D eigenvalue weighted by atomic mass is 10.1. The van der Waals surface area contributed by atoms with Gasteiger partial charge in [0.05, 0.1) is 25.2 Å². The molecule has 178 valence electrons. The van der Waals surface area contributed by atoms with Crippen LogP contribution in [0.4, 0.5) is 0 Å². The number of aliphatic hydroxyl groups excluding tert-OH is 1. The van der Waals surface area contributed by atoms with E-state index in [-0.39, 0.29) is 41.9 Å². The van der Waals surface area contributed by atoms with Crippen molar-refractivity contribution in [1.82, 2.24) is 0 Å². The van der Waals surface area contributed by atoms with Crippen LogP contribution in [0, 0.1) is 0 Å². The van der Waals surface area contributed by atoms with E-state index >= 15 is 0 Å². The highest BCUT2D eigenvalue weighted by molar-refractivity contribution is 8.18. The summed E-state index contributed by atoms with van der Waals surface area (Å²) >= 11 is 1.00. The molecule has 0 aromatic heterocycles. The third-order valence-electron chi connectivity index (χ3n) is 4.20. The van der Waals surface area contributed by atoms with E-state index < -0.39 is 11.9 Å². The van der Waals surface area contributed by atoms with Crippen LogP contribution in [0.5, 0.6) is 11.5 Å². The molecular formula is C23H27NO8S. The van der Waals surface area contributed by atoms with Crippen molar-refractivity contribution in [3.8, 4) is 11.5 Å². The summed E-state index contributed by atoms with van der Waals surface area (Å²) < 4.78 is 20.6. The van der Waals surface area contributed by atoms with Gasteiger partial charge in [0.15, 0.2) is 18.1 Å². The molecule has 0 bridgehead atoms. The van der Waals surface area contributed by atoms with Crippen molar-refractivity contribution in [3.63, 3.8) is 0 Å². The van der Waals surface area contributed by atoms with Crippen LogP contribution in [-0.4, -0.2) is 54.9 Å². The molecule has 1 amide bonds. The number of esters is 2. The number of benzene rings is 1. The molecule has 10 heteroatoms. The largest absolute Gasteiger partial charge is 0.506 e. The van der Waals surface area contributed by atoms with Crippen molar-refractivity contribution in [2.75, 3.05) is 26.9 Å². The SMILES string of the molecule is CCCC(=O)N=C1S/C(=C\c2ccc(OCC(=O)OC)c(OCC)c2)C(O)=C1C(=O)OCC. The Kier molecular flexibility index (Phi) is 9.99. The number of aliphatic imine (C=N–C) groups is 1. The predicted molar refractivity (Wildman–Crippen MR) is 124 cm³/mol. The van der Waals surface area contributed by atoms with Gasteiger partial charge >= 0.3 is 11.9 Å². The Balaban J connectivity index is 2.41. The van der Waals surface area contributed by atoms with Gasteiger partial charge in [0.2, 0.25) is 5.91 Å². The Morgan fingerprint density at radius 2 is 1.85 bits per heavy atom. The number of thioether (sulfide) groups is 1. The van der Waals surface area contributed by atoms with Gasteiger partial charge in [-0.05, 0) is 44.0 Å². The second kappa shape index (κ2) is 12.7. The fourth-order valence-electron chi connectivity index (χ4n) is 2.72. The van der Waals surface area contributed by atoms with Crippen LogP contribution < -0.4 is 9.47 Å². The first-order valence-electron chi connectivity index (χ1n) is 10.4. The quantitative estimate of drug-likeness (QED) is 0.501. The maximum Gasteiger partial charge on any atom is 0.344 e. The van der Waals surface area contributed by atoms with Gasteiger partial charge in [-0.3, -0.25) is 4.79 Å². The molecule has 1 aliphatic rings. The van der Waals surface area contributed by atoms with E-state index in [1.807, 2.05) is 6.92 Å². The summed E-state index contributed by atoms with van der Waals surface area (Å²) in [6, 6.07) is 4.97. The van der Waals surface area contributed by atoms with Gasteiger partial charge in [-0.15, -0.1) is 0 Å². The number of nitrogens with zero attached hydrogens (tertiary/aromatic N) is 1. The molecule has 33 heavy (non-hydrogen) atoms. The zero-order valence-corrected chi connectivity index (χ0v) is 19.8. The van der Waals surface area contributed by atoms with Crippen LogP contribution in [0.1, 0.15) is 39.2 Å². The minimum atomic E-state index is -0.754. The number of methoxy groups -OCH3 is 1. The molecule has 1 aromatic carbocycles. The van der Waals surface area contributed by atoms with Gasteiger partial charge in [-0.25, -0.2) is 14.6 Å². The molecule has 9 nitrogen and oxygen atoms in total. The Hall–Kier alpha value is -3.27. The van der Waals surface area contributed by atoms with E-state index in [0.29, 0.717) is 35.0 Å². The van der Waals surface area contributed by atoms with E-state index in [2.05, 4.69) is 9.73 Å². The molecule has 0 radical (unpaired) electrons. The van der Waals surface area contributed by atoms with Crippen LogP contribution >= 0.6 is 11.8 Å². The standard InChI is InChI=1S/C23H27NO8S/c1-5-8-18(25)24-22-20(23(28)31-7-3)21(27)17(33-22)12-14-9-10-15(16(11-14)30-6-2)32-13-19(26)29-4/h9-12,27H,5-8,13H2,1-4H3/b17-12-,24-22?. The monoisotopic (exact) mass is 477 g/mol. The van der Waals surface area contributed by atoms with Crippen LogP contribution in [0.3, 0.4) is 0 Å². The van der Waals surface area contributed by atoms with E-state index in [4.69, 9.17) is 14.2 Å². The van der Waals surface area contributed by atoms with Gasteiger partial charge in [0.1, 0.15) is 16.4 Å². The third kappa shape index (κ3) is 7.11. The highest BCUT2D eigenvalue weighted by Crippen LogP contribution is 2.40. The molecule has 1 N–H and O–H groups in total. The number of aliphatic hydroxyl groups is 1. The first-order valence-corrected chi connectivity index (χ1v) is 11.2. The van der Waals surface area contributed by atoms with Gasteiger partial charge in [0, 0.05) is 6.42 Å². The highest BCUT2D eigenvalue weighted by atomic mass is 32.2. The summed E-state index contributed by atoms with van der Waals surface area (Å²) in [4.78, 5) is 40.1. The van der Waals surface area contributed by atoms with Crippen molar-refractivity contribution in [2.24, 2.45) is 4.99 Å². The lowest BCUT2D eigenvalue weighted by Crippen LogP contribution is -2.14. The number of hydrogen-bond acceptors (Lipinski definition) is 9.